The highest BCUT2D eigenvalue weighted by Crippen LogP contribution is 1.98. The van der Waals surface area contributed by atoms with E-state index in [1.54, 1.807) is 38.6 Å². The van der Waals surface area contributed by atoms with Crippen molar-refractivity contribution in [2.45, 2.75) is 0 Å². The maximum atomic E-state index is 5.49. The molecule has 1 rings (SSSR count). The Labute approximate surface area is 87.8 Å². The molecule has 0 atom stereocenters. The van der Waals surface area contributed by atoms with Crippen LogP contribution in [0.2, 0.25) is 0 Å². The summed E-state index contributed by atoms with van der Waals surface area (Å²) in [6, 6.07) is 3.59. The van der Waals surface area contributed by atoms with Crippen LogP contribution in [0.5, 0.6) is 0 Å². The van der Waals surface area contributed by atoms with E-state index in [9.17, 15) is 0 Å². The van der Waals surface area contributed by atoms with E-state index in [1.807, 2.05) is 0 Å². The lowest BCUT2D eigenvalue weighted by molar-refractivity contribution is -0.804. The lowest BCUT2D eigenvalue weighted by Crippen LogP contribution is -2.44. The Morgan fingerprint density at radius 3 is 2.86 bits per heavy atom. The third-order valence-corrected chi connectivity index (χ3v) is 2.06. The summed E-state index contributed by atoms with van der Waals surface area (Å²) in [6.45, 7) is 0. The highest BCUT2D eigenvalue weighted by molar-refractivity contribution is 7.79. The van der Waals surface area contributed by atoms with Crippen molar-refractivity contribution in [2.24, 2.45) is 10.8 Å². The molecule has 0 aliphatic heterocycles. The van der Waals surface area contributed by atoms with Crippen LogP contribution in [-0.4, -0.2) is 40.2 Å². The van der Waals surface area contributed by atoms with E-state index in [1.165, 1.54) is 0 Å². The molecule has 2 N–H and O–H groups in total. The molecule has 14 heavy (non-hydrogen) atoms. The van der Waals surface area contributed by atoms with Gasteiger partial charge in [0.15, 0.2) is 0 Å². The van der Waals surface area contributed by atoms with Gasteiger partial charge in [-0.25, -0.2) is 0 Å². The average molecular weight is 210 g/mol. The number of nitrogens with two attached hydrogens (primary N) is 1. The molecule has 74 valence electrons. The van der Waals surface area contributed by atoms with Crippen LogP contribution in [0.15, 0.2) is 23.4 Å². The van der Waals surface area contributed by atoms with E-state index in [2.05, 4.69) is 15.3 Å². The quantitative estimate of drug-likeness (QED) is 0.326. The zero-order chi connectivity index (χ0) is 10.6. The number of thiocarbonyl (C=S) groups is 1. The van der Waals surface area contributed by atoms with Crippen LogP contribution in [0.25, 0.3) is 0 Å². The minimum atomic E-state index is 0.103. The maximum Gasteiger partial charge on any atom is 0.293 e. The van der Waals surface area contributed by atoms with Gasteiger partial charge in [0, 0.05) is 18.4 Å². The monoisotopic (exact) mass is 210 g/mol. The lowest BCUT2D eigenvalue weighted by Gasteiger charge is -2.18. The van der Waals surface area contributed by atoms with E-state index in [4.69, 9.17) is 18.0 Å². The van der Waals surface area contributed by atoms with Crippen molar-refractivity contribution in [3.8, 4) is 0 Å². The molecule has 0 amide bonds. The Morgan fingerprint density at radius 2 is 2.36 bits per heavy atom. The van der Waals surface area contributed by atoms with Gasteiger partial charge >= 0.3 is 0 Å². The van der Waals surface area contributed by atoms with Crippen molar-refractivity contribution in [3.63, 3.8) is 0 Å². The molecule has 0 aromatic carbocycles. The molecule has 1 aromatic rings. The summed E-state index contributed by atoms with van der Waals surface area (Å²) in [4.78, 5) is 0. The largest absolute Gasteiger partial charge is 0.343 e. The average Bonchev–Trinajstić information content (AvgIpc) is 2.16. The van der Waals surface area contributed by atoms with Gasteiger partial charge in [-0.15, -0.1) is 9.69 Å². The zero-order valence-corrected chi connectivity index (χ0v) is 8.90. The Balaban J connectivity index is 2.79. The fourth-order valence-corrected chi connectivity index (χ4v) is 0.690. The predicted molar refractivity (Wildman–Crippen MR) is 58.5 cm³/mol. The first-order chi connectivity index (χ1) is 6.52. The lowest BCUT2D eigenvalue weighted by atomic mass is 10.4. The van der Waals surface area contributed by atoms with E-state index in [0.717, 1.165) is 0 Å². The molecule has 0 aliphatic carbocycles. The molecule has 0 saturated heterocycles. The van der Waals surface area contributed by atoms with Gasteiger partial charge in [-0.05, 0) is 12.1 Å². The molecular formula is C8H12N5S+. The normalized spacial score (nSPS) is 11.9. The fraction of sp³-hybridized carbons (Fsp3) is 0.250. The molecule has 0 fully saturated rings. The molecule has 0 aliphatic rings. The Hall–Kier alpha value is -1.40. The summed E-state index contributed by atoms with van der Waals surface area (Å²) in [5, 5.41) is 12.0. The van der Waals surface area contributed by atoms with Crippen molar-refractivity contribution >= 4 is 23.5 Å². The summed E-state index contributed by atoms with van der Waals surface area (Å²) < 4.78 is 0.103. The summed E-state index contributed by atoms with van der Waals surface area (Å²) >= 11 is 4.85. The van der Waals surface area contributed by atoms with Crippen LogP contribution >= 0.6 is 12.2 Å². The number of hydrogen-bond donors (Lipinski definition) is 1. The van der Waals surface area contributed by atoms with Crippen LogP contribution in [0, 0.1) is 0 Å². The molecule has 1 aromatic heterocycles. The summed E-state index contributed by atoms with van der Waals surface area (Å²) in [5.41, 5.74) is 6.16. The van der Waals surface area contributed by atoms with Gasteiger partial charge in [0.1, 0.15) is 11.9 Å². The van der Waals surface area contributed by atoms with Crippen LogP contribution in [-0.2, 0) is 0 Å². The second-order valence-corrected chi connectivity index (χ2v) is 3.54. The van der Waals surface area contributed by atoms with Gasteiger partial charge in [-0.1, -0.05) is 5.10 Å². The third kappa shape index (κ3) is 2.82. The number of quaternary nitrogens is 1. The van der Waals surface area contributed by atoms with Crippen LogP contribution in [0.1, 0.15) is 5.69 Å². The highest BCUT2D eigenvalue weighted by atomic mass is 32.1. The smallest absolute Gasteiger partial charge is 0.293 e. The van der Waals surface area contributed by atoms with Gasteiger partial charge in [0.25, 0.3) is 5.11 Å². The SMILES string of the molecule is C[N+](C)(/N=C/c1cccnn1)C(N)=S. The molecule has 0 bridgehead atoms. The van der Waals surface area contributed by atoms with E-state index < -0.39 is 0 Å². The first kappa shape index (κ1) is 10.7. The Morgan fingerprint density at radius 1 is 1.64 bits per heavy atom. The van der Waals surface area contributed by atoms with Crippen LogP contribution < -0.4 is 5.73 Å². The fourth-order valence-electron chi connectivity index (χ4n) is 0.643. The number of nitrogens with zero attached hydrogens (tertiary/aromatic N) is 4. The van der Waals surface area contributed by atoms with Gasteiger partial charge in [-0.3, -0.25) is 0 Å². The minimum Gasteiger partial charge on any atom is -0.343 e. The van der Waals surface area contributed by atoms with Gasteiger partial charge in [0.05, 0.1) is 14.1 Å². The molecule has 0 unspecified atom stereocenters. The second kappa shape index (κ2) is 4.21. The van der Waals surface area contributed by atoms with Gasteiger partial charge < -0.3 is 5.73 Å². The number of hydrogen-bond acceptors (Lipinski definition) is 4. The highest BCUT2D eigenvalue weighted by Gasteiger charge is 2.17. The van der Waals surface area contributed by atoms with Crippen molar-refractivity contribution in [2.75, 3.05) is 14.1 Å². The van der Waals surface area contributed by atoms with Crippen molar-refractivity contribution in [1.29, 1.82) is 0 Å². The molecule has 5 nitrogen and oxygen atoms in total. The van der Waals surface area contributed by atoms with E-state index in [-0.39, 0.29) is 4.59 Å². The van der Waals surface area contributed by atoms with Crippen LogP contribution in [0.4, 0.5) is 0 Å². The third-order valence-electron chi connectivity index (χ3n) is 1.61. The number of rotatable bonds is 2. The topological polar surface area (TPSA) is 64.2 Å². The molecular weight excluding hydrogens is 198 g/mol. The van der Waals surface area contributed by atoms with E-state index in [0.29, 0.717) is 10.8 Å². The standard InChI is InChI=1S/C8H11N5S/c1-13(2,8(9)14)11-6-7-4-3-5-10-12-7/h3-6H,1-2H3,(H-,9,14)/p+1/b11-6+. The first-order valence-electron chi connectivity index (χ1n) is 3.99. The molecule has 1 heterocycles. The summed E-state index contributed by atoms with van der Waals surface area (Å²) in [5.74, 6) is 0. The molecule has 0 spiro atoms. The van der Waals surface area contributed by atoms with Gasteiger partial charge in [0.2, 0.25) is 0 Å². The second-order valence-electron chi connectivity index (χ2n) is 3.13. The molecule has 0 saturated carbocycles. The van der Waals surface area contributed by atoms with Crippen LogP contribution in [0.3, 0.4) is 0 Å². The van der Waals surface area contributed by atoms with Crippen molar-refractivity contribution in [3.05, 3.63) is 24.0 Å². The minimum absolute atomic E-state index is 0.103. The number of aromatic nitrogens is 2. The zero-order valence-electron chi connectivity index (χ0n) is 8.08. The Kier molecular flexibility index (Phi) is 3.21. The summed E-state index contributed by atoms with van der Waals surface area (Å²) in [7, 11) is 3.57. The van der Waals surface area contributed by atoms with Crippen molar-refractivity contribution in [1.82, 2.24) is 10.2 Å². The predicted octanol–water partition coefficient (Wildman–Crippen LogP) is 0.131. The van der Waals surface area contributed by atoms with Crippen molar-refractivity contribution < 1.29 is 4.59 Å². The van der Waals surface area contributed by atoms with Gasteiger partial charge in [-0.2, -0.15) is 5.10 Å². The molecule has 6 heteroatoms. The summed E-state index contributed by atoms with van der Waals surface area (Å²) in [6.07, 6.45) is 3.19. The maximum absolute atomic E-state index is 5.49. The Bertz CT molecular complexity index is 346. The molecule has 0 radical (unpaired) electrons. The van der Waals surface area contributed by atoms with E-state index >= 15 is 0 Å². The first-order valence-corrected chi connectivity index (χ1v) is 4.40.